The van der Waals surface area contributed by atoms with Crippen LogP contribution >= 0.6 is 0 Å². The second-order valence-electron chi connectivity index (χ2n) is 5.71. The fraction of sp³-hybridized carbons (Fsp3) is 0.647. The lowest BCUT2D eigenvalue weighted by Crippen LogP contribution is -2.37. The molecule has 3 heteroatoms. The van der Waals surface area contributed by atoms with E-state index in [1.165, 1.54) is 5.69 Å². The molecule has 0 heterocycles. The van der Waals surface area contributed by atoms with Gasteiger partial charge in [-0.15, -0.1) is 0 Å². The molecule has 114 valence electrons. The van der Waals surface area contributed by atoms with Crippen molar-refractivity contribution in [2.75, 3.05) is 23.8 Å². The van der Waals surface area contributed by atoms with Gasteiger partial charge in [0.15, 0.2) is 0 Å². The van der Waals surface area contributed by atoms with Gasteiger partial charge in [-0.25, -0.2) is 0 Å². The van der Waals surface area contributed by atoms with Crippen molar-refractivity contribution in [2.45, 2.75) is 53.5 Å². The van der Waals surface area contributed by atoms with E-state index >= 15 is 0 Å². The lowest BCUT2D eigenvalue weighted by molar-refractivity contribution is 0.340. The van der Waals surface area contributed by atoms with Gasteiger partial charge >= 0.3 is 0 Å². The van der Waals surface area contributed by atoms with E-state index in [9.17, 15) is 0 Å². The van der Waals surface area contributed by atoms with E-state index in [0.717, 1.165) is 30.8 Å². The van der Waals surface area contributed by atoms with Crippen LogP contribution in [-0.2, 0) is 0 Å². The monoisotopic (exact) mass is 278 g/mol. The first-order chi connectivity index (χ1) is 9.51. The van der Waals surface area contributed by atoms with Gasteiger partial charge in [0.05, 0.1) is 6.61 Å². The van der Waals surface area contributed by atoms with Crippen molar-refractivity contribution in [1.29, 1.82) is 0 Å². The zero-order chi connectivity index (χ0) is 15.1. The number of nitrogen functional groups attached to an aromatic ring is 1. The van der Waals surface area contributed by atoms with Gasteiger partial charge in [0.1, 0.15) is 5.75 Å². The molecule has 0 saturated heterocycles. The summed E-state index contributed by atoms with van der Waals surface area (Å²) >= 11 is 0. The van der Waals surface area contributed by atoms with Gasteiger partial charge in [-0.2, -0.15) is 0 Å². The maximum Gasteiger partial charge on any atom is 0.123 e. The van der Waals surface area contributed by atoms with Gasteiger partial charge in [-0.3, -0.25) is 0 Å². The Morgan fingerprint density at radius 1 is 1.10 bits per heavy atom. The molecule has 20 heavy (non-hydrogen) atoms. The fourth-order valence-corrected chi connectivity index (χ4v) is 2.61. The standard InChI is InChI=1S/C17H30N2O/c1-6-15(7-2)19(12-13(4)5)16-9-14(18)10-17(11-16)20-8-3/h9-11,13,15H,6-8,12,18H2,1-5H3. The van der Waals surface area contributed by atoms with Crippen LogP contribution in [0.3, 0.4) is 0 Å². The van der Waals surface area contributed by atoms with E-state index < -0.39 is 0 Å². The Hall–Kier alpha value is -1.38. The highest BCUT2D eigenvalue weighted by Crippen LogP contribution is 2.29. The molecule has 1 aromatic carbocycles. The quantitative estimate of drug-likeness (QED) is 0.720. The molecule has 1 rings (SSSR count). The van der Waals surface area contributed by atoms with Crippen molar-refractivity contribution in [1.82, 2.24) is 0 Å². The van der Waals surface area contributed by atoms with Crippen molar-refractivity contribution in [3.8, 4) is 5.75 Å². The molecular weight excluding hydrogens is 248 g/mol. The molecule has 0 aliphatic carbocycles. The summed E-state index contributed by atoms with van der Waals surface area (Å²) in [5, 5.41) is 0. The summed E-state index contributed by atoms with van der Waals surface area (Å²) in [7, 11) is 0. The molecule has 0 atom stereocenters. The van der Waals surface area contributed by atoms with Gasteiger partial charge in [0.2, 0.25) is 0 Å². The van der Waals surface area contributed by atoms with E-state index in [0.29, 0.717) is 18.6 Å². The van der Waals surface area contributed by atoms with Crippen LogP contribution in [0, 0.1) is 5.92 Å². The number of anilines is 2. The van der Waals surface area contributed by atoms with Gasteiger partial charge < -0.3 is 15.4 Å². The molecule has 3 nitrogen and oxygen atoms in total. The first kappa shape index (κ1) is 16.7. The Morgan fingerprint density at radius 2 is 1.75 bits per heavy atom. The third-order valence-corrected chi connectivity index (χ3v) is 3.50. The van der Waals surface area contributed by atoms with Crippen LogP contribution in [0.2, 0.25) is 0 Å². The molecule has 0 aliphatic rings. The largest absolute Gasteiger partial charge is 0.494 e. The predicted octanol–water partition coefficient (Wildman–Crippen LogP) is 4.32. The number of hydrogen-bond acceptors (Lipinski definition) is 3. The summed E-state index contributed by atoms with van der Waals surface area (Å²) in [6.45, 7) is 12.7. The van der Waals surface area contributed by atoms with Crippen molar-refractivity contribution >= 4 is 11.4 Å². The van der Waals surface area contributed by atoms with E-state index in [-0.39, 0.29) is 0 Å². The third-order valence-electron chi connectivity index (χ3n) is 3.50. The summed E-state index contributed by atoms with van der Waals surface area (Å²) in [6, 6.07) is 6.62. The normalized spacial score (nSPS) is 11.2. The fourth-order valence-electron chi connectivity index (χ4n) is 2.61. The summed E-state index contributed by atoms with van der Waals surface area (Å²) < 4.78 is 5.62. The first-order valence-corrected chi connectivity index (χ1v) is 7.81. The molecule has 0 aromatic heterocycles. The van der Waals surface area contributed by atoms with Crippen LogP contribution < -0.4 is 15.4 Å². The summed E-state index contributed by atoms with van der Waals surface area (Å²) in [4.78, 5) is 2.48. The molecule has 2 N–H and O–H groups in total. The molecule has 0 radical (unpaired) electrons. The third kappa shape index (κ3) is 4.62. The number of rotatable bonds is 8. The van der Waals surface area contributed by atoms with Crippen LogP contribution in [0.1, 0.15) is 47.5 Å². The minimum atomic E-state index is 0.550. The van der Waals surface area contributed by atoms with Crippen LogP contribution in [0.15, 0.2) is 18.2 Å². The Labute approximate surface area is 124 Å². The van der Waals surface area contributed by atoms with Gasteiger partial charge in [0.25, 0.3) is 0 Å². The molecule has 0 aliphatic heterocycles. The second-order valence-corrected chi connectivity index (χ2v) is 5.71. The van der Waals surface area contributed by atoms with Crippen molar-refractivity contribution in [2.24, 2.45) is 5.92 Å². The molecule has 0 saturated carbocycles. The van der Waals surface area contributed by atoms with Gasteiger partial charge in [-0.05, 0) is 31.7 Å². The second kappa shape index (κ2) is 8.03. The summed E-state index contributed by atoms with van der Waals surface area (Å²) in [6.07, 6.45) is 2.28. The highest BCUT2D eigenvalue weighted by atomic mass is 16.5. The van der Waals surface area contributed by atoms with E-state index in [1.54, 1.807) is 0 Å². The highest BCUT2D eigenvalue weighted by Gasteiger charge is 2.18. The number of nitrogens with zero attached hydrogens (tertiary/aromatic N) is 1. The van der Waals surface area contributed by atoms with Crippen molar-refractivity contribution in [3.05, 3.63) is 18.2 Å². The average molecular weight is 278 g/mol. The van der Waals surface area contributed by atoms with E-state index in [1.807, 2.05) is 13.0 Å². The SMILES string of the molecule is CCOc1cc(N)cc(N(CC(C)C)C(CC)CC)c1. The zero-order valence-corrected chi connectivity index (χ0v) is 13.6. The molecule has 0 bridgehead atoms. The summed E-state index contributed by atoms with van der Waals surface area (Å²) in [5.41, 5.74) is 7.98. The average Bonchev–Trinajstić information content (AvgIpc) is 2.38. The first-order valence-electron chi connectivity index (χ1n) is 7.81. The molecule has 1 aromatic rings. The smallest absolute Gasteiger partial charge is 0.123 e. The van der Waals surface area contributed by atoms with Crippen LogP contribution in [-0.4, -0.2) is 19.2 Å². The predicted molar refractivity (Wildman–Crippen MR) is 88.6 cm³/mol. The topological polar surface area (TPSA) is 38.5 Å². The van der Waals surface area contributed by atoms with Crippen LogP contribution in [0.4, 0.5) is 11.4 Å². The summed E-state index contributed by atoms with van der Waals surface area (Å²) in [5.74, 6) is 1.48. The minimum Gasteiger partial charge on any atom is -0.494 e. The van der Waals surface area contributed by atoms with Gasteiger partial charge in [-0.1, -0.05) is 27.7 Å². The van der Waals surface area contributed by atoms with Gasteiger partial charge in [0, 0.05) is 36.1 Å². The zero-order valence-electron chi connectivity index (χ0n) is 13.6. The lowest BCUT2D eigenvalue weighted by Gasteiger charge is -2.34. The van der Waals surface area contributed by atoms with E-state index in [4.69, 9.17) is 10.5 Å². The molecular formula is C17H30N2O. The highest BCUT2D eigenvalue weighted by molar-refractivity contribution is 5.61. The Bertz CT molecular complexity index is 400. The molecule has 0 fully saturated rings. The molecule has 0 unspecified atom stereocenters. The Kier molecular flexibility index (Phi) is 6.69. The minimum absolute atomic E-state index is 0.550. The van der Waals surface area contributed by atoms with E-state index in [2.05, 4.69) is 44.7 Å². The van der Waals surface area contributed by atoms with Crippen molar-refractivity contribution < 1.29 is 4.74 Å². The lowest BCUT2D eigenvalue weighted by atomic mass is 10.1. The maximum atomic E-state index is 6.03. The molecule has 0 amide bonds. The van der Waals surface area contributed by atoms with Crippen LogP contribution in [0.25, 0.3) is 0 Å². The van der Waals surface area contributed by atoms with Crippen LogP contribution in [0.5, 0.6) is 5.75 Å². The number of ether oxygens (including phenoxy) is 1. The van der Waals surface area contributed by atoms with Crippen molar-refractivity contribution in [3.63, 3.8) is 0 Å². The number of hydrogen-bond donors (Lipinski definition) is 1. The Morgan fingerprint density at radius 3 is 2.25 bits per heavy atom. The Balaban J connectivity index is 3.11. The number of nitrogens with two attached hydrogens (primary N) is 1. The molecule has 0 spiro atoms. The maximum absolute atomic E-state index is 6.03. The number of benzene rings is 1.